The van der Waals surface area contributed by atoms with Gasteiger partial charge in [-0.2, -0.15) is 0 Å². The maximum Gasteiger partial charge on any atom is 0.270 e. The SMILES string of the molecule is CN(CC1(N(C)C)CCC1)C(=O)c1cc(Br)cn1C. The smallest absolute Gasteiger partial charge is 0.270 e. The molecule has 0 spiro atoms. The van der Waals surface area contributed by atoms with E-state index in [0.29, 0.717) is 0 Å². The lowest BCUT2D eigenvalue weighted by molar-refractivity contribution is 0.0248. The zero-order valence-electron chi connectivity index (χ0n) is 12.1. The Morgan fingerprint density at radius 2 is 2.05 bits per heavy atom. The summed E-state index contributed by atoms with van der Waals surface area (Å²) in [5.74, 6) is 0.0846. The highest BCUT2D eigenvalue weighted by molar-refractivity contribution is 9.10. The molecule has 1 aromatic rings. The topological polar surface area (TPSA) is 28.5 Å². The molecule has 106 valence electrons. The van der Waals surface area contributed by atoms with Gasteiger partial charge in [0.1, 0.15) is 5.69 Å². The molecule has 1 aliphatic carbocycles. The number of hydrogen-bond donors (Lipinski definition) is 0. The highest BCUT2D eigenvalue weighted by Crippen LogP contribution is 2.36. The van der Waals surface area contributed by atoms with Crippen LogP contribution in [-0.4, -0.2) is 53.5 Å². The number of likely N-dealkylation sites (N-methyl/N-ethyl adjacent to an activating group) is 2. The molecule has 5 heteroatoms. The first kappa shape index (κ1) is 14.6. The molecule has 0 aliphatic heterocycles. The Kier molecular flexibility index (Phi) is 4.06. The van der Waals surface area contributed by atoms with E-state index in [1.807, 2.05) is 35.8 Å². The molecule has 19 heavy (non-hydrogen) atoms. The lowest BCUT2D eigenvalue weighted by Gasteiger charge is -2.49. The van der Waals surface area contributed by atoms with E-state index in [0.717, 1.165) is 16.7 Å². The number of aryl methyl sites for hydroxylation is 1. The van der Waals surface area contributed by atoms with Gasteiger partial charge in [0.25, 0.3) is 5.91 Å². The molecule has 4 nitrogen and oxygen atoms in total. The van der Waals surface area contributed by atoms with Crippen LogP contribution >= 0.6 is 15.9 Å². The van der Waals surface area contributed by atoms with Crippen molar-refractivity contribution in [2.75, 3.05) is 27.7 Å². The van der Waals surface area contributed by atoms with Gasteiger partial charge in [-0.1, -0.05) is 0 Å². The summed E-state index contributed by atoms with van der Waals surface area (Å²) in [5, 5.41) is 0. The molecule has 1 heterocycles. The Morgan fingerprint density at radius 1 is 1.42 bits per heavy atom. The third kappa shape index (κ3) is 2.72. The van der Waals surface area contributed by atoms with Gasteiger partial charge in [0, 0.05) is 36.8 Å². The first-order valence-corrected chi connectivity index (χ1v) is 7.40. The predicted octanol–water partition coefficient (Wildman–Crippen LogP) is 2.34. The number of aromatic nitrogens is 1. The summed E-state index contributed by atoms with van der Waals surface area (Å²) < 4.78 is 2.81. The fourth-order valence-corrected chi connectivity index (χ4v) is 3.30. The summed E-state index contributed by atoms with van der Waals surface area (Å²) in [6.07, 6.45) is 5.52. The van der Waals surface area contributed by atoms with E-state index in [4.69, 9.17) is 0 Å². The summed E-state index contributed by atoms with van der Waals surface area (Å²) in [4.78, 5) is 16.6. The summed E-state index contributed by atoms with van der Waals surface area (Å²) >= 11 is 3.41. The third-order valence-corrected chi connectivity index (χ3v) is 4.74. The molecule has 1 aromatic heterocycles. The normalized spacial score (nSPS) is 17.4. The van der Waals surface area contributed by atoms with Crippen LogP contribution in [0.1, 0.15) is 29.8 Å². The third-order valence-electron chi connectivity index (χ3n) is 4.30. The van der Waals surface area contributed by atoms with Crippen molar-refractivity contribution in [3.05, 3.63) is 22.4 Å². The minimum absolute atomic E-state index is 0.0846. The number of amides is 1. The first-order chi connectivity index (χ1) is 8.85. The highest BCUT2D eigenvalue weighted by Gasteiger charge is 2.40. The minimum Gasteiger partial charge on any atom is -0.345 e. The Hall–Kier alpha value is -0.810. The average Bonchev–Trinajstić information content (AvgIpc) is 2.61. The van der Waals surface area contributed by atoms with Crippen molar-refractivity contribution >= 4 is 21.8 Å². The second-order valence-corrected chi connectivity index (χ2v) is 6.70. The Morgan fingerprint density at radius 3 is 2.42 bits per heavy atom. The zero-order valence-corrected chi connectivity index (χ0v) is 13.7. The van der Waals surface area contributed by atoms with Crippen molar-refractivity contribution < 1.29 is 4.79 Å². The summed E-state index contributed by atoms with van der Waals surface area (Å²) in [7, 11) is 8.01. The number of carbonyl (C=O) groups excluding carboxylic acids is 1. The van der Waals surface area contributed by atoms with Gasteiger partial charge in [0.05, 0.1) is 0 Å². The molecule has 2 rings (SSSR count). The van der Waals surface area contributed by atoms with Crippen LogP contribution in [-0.2, 0) is 7.05 Å². The van der Waals surface area contributed by atoms with Crippen molar-refractivity contribution in [1.29, 1.82) is 0 Å². The number of hydrogen-bond acceptors (Lipinski definition) is 2. The molecule has 1 fully saturated rings. The molecule has 0 N–H and O–H groups in total. The molecule has 0 aromatic carbocycles. The van der Waals surface area contributed by atoms with Crippen molar-refractivity contribution in [2.24, 2.45) is 7.05 Å². The van der Waals surface area contributed by atoms with Crippen molar-refractivity contribution in [2.45, 2.75) is 24.8 Å². The fraction of sp³-hybridized carbons (Fsp3) is 0.643. The van der Waals surface area contributed by atoms with Crippen molar-refractivity contribution in [3.63, 3.8) is 0 Å². The Labute approximate surface area is 123 Å². The van der Waals surface area contributed by atoms with E-state index in [2.05, 4.69) is 34.9 Å². The minimum atomic E-state index is 0.0846. The van der Waals surface area contributed by atoms with Crippen LogP contribution in [0.3, 0.4) is 0 Å². The number of halogens is 1. The van der Waals surface area contributed by atoms with Crippen LogP contribution in [0, 0.1) is 0 Å². The molecule has 1 amide bonds. The standard InChI is InChI=1S/C14H22BrN3O/c1-16(2)14(6-5-7-14)10-18(4)13(19)12-8-11(15)9-17(12)3/h8-9H,5-7,10H2,1-4H3. The average molecular weight is 328 g/mol. The lowest BCUT2D eigenvalue weighted by Crippen LogP contribution is -2.57. The van der Waals surface area contributed by atoms with E-state index in [9.17, 15) is 4.79 Å². The van der Waals surface area contributed by atoms with Crippen LogP contribution < -0.4 is 0 Å². The van der Waals surface area contributed by atoms with Crippen LogP contribution in [0.15, 0.2) is 16.7 Å². The largest absolute Gasteiger partial charge is 0.345 e. The van der Waals surface area contributed by atoms with Crippen molar-refractivity contribution in [1.82, 2.24) is 14.4 Å². The molecule has 0 unspecified atom stereocenters. The highest BCUT2D eigenvalue weighted by atomic mass is 79.9. The summed E-state index contributed by atoms with van der Waals surface area (Å²) in [5.41, 5.74) is 0.898. The van der Waals surface area contributed by atoms with Gasteiger partial charge in [0.2, 0.25) is 0 Å². The number of rotatable bonds is 4. The lowest BCUT2D eigenvalue weighted by atomic mass is 9.75. The van der Waals surface area contributed by atoms with E-state index in [1.54, 1.807) is 0 Å². The van der Waals surface area contributed by atoms with Crippen molar-refractivity contribution in [3.8, 4) is 0 Å². The van der Waals surface area contributed by atoms with Gasteiger partial charge in [-0.25, -0.2) is 0 Å². The summed E-state index contributed by atoms with van der Waals surface area (Å²) in [6, 6.07) is 1.88. The summed E-state index contributed by atoms with van der Waals surface area (Å²) in [6.45, 7) is 0.793. The van der Waals surface area contributed by atoms with Gasteiger partial charge in [-0.05, 0) is 55.4 Å². The van der Waals surface area contributed by atoms with Crippen LogP contribution in [0.5, 0.6) is 0 Å². The van der Waals surface area contributed by atoms with Gasteiger partial charge < -0.3 is 14.4 Å². The van der Waals surface area contributed by atoms with E-state index >= 15 is 0 Å². The van der Waals surface area contributed by atoms with Gasteiger partial charge >= 0.3 is 0 Å². The van der Waals surface area contributed by atoms with E-state index < -0.39 is 0 Å². The molecule has 1 saturated carbocycles. The van der Waals surface area contributed by atoms with Crippen LogP contribution in [0.4, 0.5) is 0 Å². The molecule has 0 saturated heterocycles. The molecule has 1 aliphatic rings. The predicted molar refractivity (Wildman–Crippen MR) is 80.3 cm³/mol. The zero-order chi connectivity index (χ0) is 14.2. The maximum absolute atomic E-state index is 12.5. The molecular formula is C14H22BrN3O. The second kappa shape index (κ2) is 5.29. The molecule has 0 atom stereocenters. The number of nitrogens with zero attached hydrogens (tertiary/aromatic N) is 3. The van der Waals surface area contributed by atoms with Crippen LogP contribution in [0.25, 0.3) is 0 Å². The Bertz CT molecular complexity index is 477. The van der Waals surface area contributed by atoms with E-state index in [-0.39, 0.29) is 11.4 Å². The van der Waals surface area contributed by atoms with Gasteiger partial charge in [-0.15, -0.1) is 0 Å². The quantitative estimate of drug-likeness (QED) is 0.849. The van der Waals surface area contributed by atoms with Crippen LogP contribution in [0.2, 0.25) is 0 Å². The maximum atomic E-state index is 12.5. The van der Waals surface area contributed by atoms with Gasteiger partial charge in [0.15, 0.2) is 0 Å². The Balaban J connectivity index is 2.10. The van der Waals surface area contributed by atoms with Gasteiger partial charge in [-0.3, -0.25) is 4.79 Å². The van der Waals surface area contributed by atoms with E-state index in [1.165, 1.54) is 19.3 Å². The molecule has 0 bridgehead atoms. The number of carbonyl (C=O) groups is 1. The first-order valence-electron chi connectivity index (χ1n) is 6.60. The fourth-order valence-electron chi connectivity index (χ4n) is 2.78. The monoisotopic (exact) mass is 327 g/mol. The molecular weight excluding hydrogens is 306 g/mol. The molecule has 0 radical (unpaired) electrons. The second-order valence-electron chi connectivity index (χ2n) is 5.79.